The van der Waals surface area contributed by atoms with Crippen LogP contribution in [0.5, 0.6) is 0 Å². The van der Waals surface area contributed by atoms with Crippen molar-refractivity contribution in [1.82, 2.24) is 10.3 Å². The first-order valence-electron chi connectivity index (χ1n) is 7.88. The van der Waals surface area contributed by atoms with Gasteiger partial charge in [-0.3, -0.25) is 4.79 Å². The number of hydrogen-bond acceptors (Lipinski definition) is 5. The molecule has 2 aromatic rings. The Balaban J connectivity index is 0.000000516. The van der Waals surface area contributed by atoms with E-state index in [0.717, 1.165) is 11.1 Å². The van der Waals surface area contributed by atoms with E-state index >= 15 is 0 Å². The molecule has 0 radical (unpaired) electrons. The molecule has 0 unspecified atom stereocenters. The molecule has 0 aliphatic carbocycles. The van der Waals surface area contributed by atoms with Crippen molar-refractivity contribution < 1.29 is 27.9 Å². The molecular weight excluding hydrogens is 436 g/mol. The number of aliphatic carboxylic acids is 1. The van der Waals surface area contributed by atoms with E-state index in [1.54, 1.807) is 36.5 Å². The minimum atomic E-state index is -5.08. The summed E-state index contributed by atoms with van der Waals surface area (Å²) in [5.74, 6) is -2.57. The number of pyridine rings is 1. The number of alkyl halides is 3. The highest BCUT2D eigenvalue weighted by molar-refractivity contribution is 6.42. The SMILES string of the molecule is Nc1ccc(CNC(=O)[C@@H](N)Cc2ccc(Cl)c(Cl)c2)cn1.O=C(O)C(F)(F)F. The normalized spacial score (nSPS) is 11.8. The van der Waals surface area contributed by atoms with Crippen molar-refractivity contribution >= 4 is 40.9 Å². The van der Waals surface area contributed by atoms with Crippen LogP contribution in [0.15, 0.2) is 36.5 Å². The molecule has 1 amide bonds. The third kappa shape index (κ3) is 8.99. The van der Waals surface area contributed by atoms with Gasteiger partial charge in [0.2, 0.25) is 5.91 Å². The number of amides is 1. The number of rotatable bonds is 5. The van der Waals surface area contributed by atoms with E-state index in [0.29, 0.717) is 28.8 Å². The maximum Gasteiger partial charge on any atom is 0.490 e. The van der Waals surface area contributed by atoms with E-state index in [1.165, 1.54) is 0 Å². The molecule has 1 aromatic carbocycles. The van der Waals surface area contributed by atoms with Crippen molar-refractivity contribution in [2.45, 2.75) is 25.2 Å². The number of anilines is 1. The predicted octanol–water partition coefficient (Wildman–Crippen LogP) is 2.79. The van der Waals surface area contributed by atoms with Crippen LogP contribution in [0, 0.1) is 0 Å². The second-order valence-electron chi connectivity index (χ2n) is 5.67. The maximum atomic E-state index is 12.0. The summed E-state index contributed by atoms with van der Waals surface area (Å²) >= 11 is 11.8. The summed E-state index contributed by atoms with van der Waals surface area (Å²) in [5, 5.41) is 10.8. The highest BCUT2D eigenvalue weighted by Crippen LogP contribution is 2.23. The van der Waals surface area contributed by atoms with Crippen molar-refractivity contribution in [1.29, 1.82) is 0 Å². The number of nitrogens with zero attached hydrogens (tertiary/aromatic N) is 1. The molecule has 2 rings (SSSR count). The van der Waals surface area contributed by atoms with Crippen LogP contribution in [-0.4, -0.2) is 34.2 Å². The van der Waals surface area contributed by atoms with Crippen molar-refractivity contribution in [2.75, 3.05) is 5.73 Å². The lowest BCUT2D eigenvalue weighted by Crippen LogP contribution is -2.41. The largest absolute Gasteiger partial charge is 0.490 e. The zero-order chi connectivity index (χ0) is 22.2. The van der Waals surface area contributed by atoms with Gasteiger partial charge in [0.1, 0.15) is 5.82 Å². The van der Waals surface area contributed by atoms with Crippen LogP contribution in [-0.2, 0) is 22.6 Å². The molecule has 12 heteroatoms. The molecule has 0 aliphatic rings. The number of hydrogen-bond donors (Lipinski definition) is 4. The summed E-state index contributed by atoms with van der Waals surface area (Å²) in [6.07, 6.45) is -3.09. The molecule has 0 bridgehead atoms. The Hall–Kier alpha value is -2.56. The van der Waals surface area contributed by atoms with E-state index < -0.39 is 18.2 Å². The molecule has 158 valence electrons. The fourth-order valence-corrected chi connectivity index (χ4v) is 2.19. The van der Waals surface area contributed by atoms with Crippen LogP contribution in [0.4, 0.5) is 19.0 Å². The first-order chi connectivity index (χ1) is 13.4. The molecule has 0 saturated heterocycles. The van der Waals surface area contributed by atoms with Crippen molar-refractivity contribution in [3.8, 4) is 0 Å². The Morgan fingerprint density at radius 2 is 1.72 bits per heavy atom. The van der Waals surface area contributed by atoms with Gasteiger partial charge < -0.3 is 21.9 Å². The third-order valence-corrected chi connectivity index (χ3v) is 4.07. The number of benzene rings is 1. The number of carboxylic acids is 1. The van der Waals surface area contributed by atoms with Gasteiger partial charge in [-0.25, -0.2) is 9.78 Å². The van der Waals surface area contributed by atoms with Gasteiger partial charge in [0.25, 0.3) is 0 Å². The fraction of sp³-hybridized carbons (Fsp3) is 0.235. The summed E-state index contributed by atoms with van der Waals surface area (Å²) in [6.45, 7) is 0.348. The van der Waals surface area contributed by atoms with Crippen molar-refractivity contribution in [2.24, 2.45) is 5.73 Å². The lowest BCUT2D eigenvalue weighted by Gasteiger charge is -2.13. The standard InChI is InChI=1S/C15H16Cl2N4O.C2HF3O2/c16-11-3-1-9(5-12(11)17)6-13(18)15(22)21-8-10-2-4-14(19)20-7-10;3-2(4,5)1(6)7/h1-5,7,13H,6,8,18H2,(H2,19,20)(H,21,22);(H,6,7)/t13-;/m0./s1. The zero-order valence-corrected chi connectivity index (χ0v) is 16.2. The minimum Gasteiger partial charge on any atom is -0.475 e. The number of nitrogens with two attached hydrogens (primary N) is 2. The van der Waals surface area contributed by atoms with Crippen LogP contribution in [0.25, 0.3) is 0 Å². The molecule has 0 spiro atoms. The summed E-state index contributed by atoms with van der Waals surface area (Å²) < 4.78 is 31.7. The Labute approximate surface area is 173 Å². The number of aromatic nitrogens is 1. The van der Waals surface area contributed by atoms with E-state index in [4.69, 9.17) is 44.6 Å². The molecule has 6 N–H and O–H groups in total. The van der Waals surface area contributed by atoms with E-state index in [1.807, 2.05) is 0 Å². The van der Waals surface area contributed by atoms with Crippen LogP contribution in [0.1, 0.15) is 11.1 Å². The molecule has 1 heterocycles. The number of halogens is 5. The van der Waals surface area contributed by atoms with E-state index in [-0.39, 0.29) is 5.91 Å². The third-order valence-electron chi connectivity index (χ3n) is 3.33. The molecule has 29 heavy (non-hydrogen) atoms. The van der Waals surface area contributed by atoms with Crippen LogP contribution in [0.2, 0.25) is 10.0 Å². The van der Waals surface area contributed by atoms with Gasteiger partial charge in [-0.05, 0) is 35.7 Å². The Morgan fingerprint density at radius 1 is 1.14 bits per heavy atom. The van der Waals surface area contributed by atoms with Crippen molar-refractivity contribution in [3.63, 3.8) is 0 Å². The number of carbonyl (C=O) groups is 2. The number of carbonyl (C=O) groups excluding carboxylic acids is 1. The Bertz CT molecular complexity index is 849. The van der Waals surface area contributed by atoms with E-state index in [2.05, 4.69) is 10.3 Å². The Kier molecular flexibility index (Phi) is 9.15. The number of carboxylic acid groups (broad SMARTS) is 1. The van der Waals surface area contributed by atoms with Crippen LogP contribution in [0.3, 0.4) is 0 Å². The first kappa shape index (κ1) is 24.5. The molecule has 0 saturated carbocycles. The van der Waals surface area contributed by atoms with Gasteiger partial charge in [-0.15, -0.1) is 0 Å². The molecule has 0 fully saturated rings. The molecule has 1 aromatic heterocycles. The predicted molar refractivity (Wildman–Crippen MR) is 102 cm³/mol. The molecule has 0 aliphatic heterocycles. The summed E-state index contributed by atoms with van der Waals surface area (Å²) in [4.78, 5) is 24.9. The van der Waals surface area contributed by atoms with Crippen molar-refractivity contribution in [3.05, 3.63) is 57.7 Å². The topological polar surface area (TPSA) is 131 Å². The second-order valence-corrected chi connectivity index (χ2v) is 6.49. The Morgan fingerprint density at radius 3 is 2.21 bits per heavy atom. The van der Waals surface area contributed by atoms with Gasteiger partial charge in [0.15, 0.2) is 0 Å². The molecular formula is C17H17Cl2F3N4O3. The summed E-state index contributed by atoms with van der Waals surface area (Å²) in [7, 11) is 0. The monoisotopic (exact) mass is 452 g/mol. The summed E-state index contributed by atoms with van der Waals surface area (Å²) in [6, 6.07) is 8.00. The first-order valence-corrected chi connectivity index (χ1v) is 8.63. The lowest BCUT2D eigenvalue weighted by molar-refractivity contribution is -0.192. The molecule has 1 atom stereocenters. The number of nitrogen functional groups attached to an aromatic ring is 1. The highest BCUT2D eigenvalue weighted by atomic mass is 35.5. The van der Waals surface area contributed by atoms with Gasteiger partial charge in [0.05, 0.1) is 16.1 Å². The average molecular weight is 453 g/mol. The lowest BCUT2D eigenvalue weighted by atomic mass is 10.1. The highest BCUT2D eigenvalue weighted by Gasteiger charge is 2.38. The van der Waals surface area contributed by atoms with Gasteiger partial charge in [-0.1, -0.05) is 35.3 Å². The zero-order valence-electron chi connectivity index (χ0n) is 14.7. The minimum absolute atomic E-state index is 0.247. The molecule has 7 nitrogen and oxygen atoms in total. The smallest absolute Gasteiger partial charge is 0.475 e. The van der Waals surface area contributed by atoms with Gasteiger partial charge in [0, 0.05) is 12.7 Å². The summed E-state index contributed by atoms with van der Waals surface area (Å²) in [5.41, 5.74) is 13.1. The van der Waals surface area contributed by atoms with Gasteiger partial charge >= 0.3 is 12.1 Å². The quantitative estimate of drug-likeness (QED) is 0.551. The fourth-order valence-electron chi connectivity index (χ4n) is 1.87. The average Bonchev–Trinajstić information content (AvgIpc) is 2.63. The van der Waals surface area contributed by atoms with Crippen LogP contribution < -0.4 is 16.8 Å². The van der Waals surface area contributed by atoms with E-state index in [9.17, 15) is 18.0 Å². The second kappa shape index (κ2) is 10.8. The van der Waals surface area contributed by atoms with Crippen LogP contribution >= 0.6 is 23.2 Å². The number of nitrogens with one attached hydrogen (secondary N) is 1. The maximum absolute atomic E-state index is 12.0. The van der Waals surface area contributed by atoms with Gasteiger partial charge in [-0.2, -0.15) is 13.2 Å².